The van der Waals surface area contributed by atoms with Gasteiger partial charge in [0.1, 0.15) is 36.0 Å². The van der Waals surface area contributed by atoms with Crippen molar-refractivity contribution in [2.75, 3.05) is 18.7 Å². The Morgan fingerprint density at radius 2 is 2.04 bits per heavy atom. The Kier molecular flexibility index (Phi) is 5.24. The van der Waals surface area contributed by atoms with E-state index in [4.69, 9.17) is 16.3 Å². The average Bonchev–Trinajstić information content (AvgIpc) is 2.90. The predicted molar refractivity (Wildman–Crippen MR) is 91.0 cm³/mol. The van der Waals surface area contributed by atoms with Gasteiger partial charge < -0.3 is 10.1 Å². The Labute approximate surface area is 149 Å². The van der Waals surface area contributed by atoms with E-state index < -0.39 is 25.4 Å². The second-order valence-electron chi connectivity index (χ2n) is 5.06. The second kappa shape index (κ2) is 7.40. The molecule has 0 aliphatic carbocycles. The van der Waals surface area contributed by atoms with Gasteiger partial charge in [-0.05, 0) is 24.6 Å². The molecule has 0 unspecified atom stereocenters. The van der Waals surface area contributed by atoms with Crippen molar-refractivity contribution in [3.8, 4) is 5.88 Å². The Morgan fingerprint density at radius 1 is 1.28 bits per heavy atom. The van der Waals surface area contributed by atoms with Crippen LogP contribution in [-0.4, -0.2) is 34.4 Å². The Hall–Kier alpha value is -2.13. The first-order chi connectivity index (χ1) is 12.0. The standard InChI is InChI=1S/C15H12ClF3N4OS/c1-7-11-13(20-6-21-15(11)25-12(7)16)22-9-2-3-10(19)23-14(9)24-8(4-17)5-18/h2-3,6,8H,4-5H2,1H3,(H,20,21,22). The van der Waals surface area contributed by atoms with E-state index in [1.165, 1.54) is 23.7 Å². The van der Waals surface area contributed by atoms with Gasteiger partial charge in [0.25, 0.3) is 0 Å². The number of hydrogen-bond acceptors (Lipinski definition) is 6. The Balaban J connectivity index is 2.01. The van der Waals surface area contributed by atoms with Crippen molar-refractivity contribution in [2.24, 2.45) is 0 Å². The summed E-state index contributed by atoms with van der Waals surface area (Å²) in [5.41, 5.74) is 1.00. The predicted octanol–water partition coefficient (Wildman–Crippen LogP) is 4.62. The summed E-state index contributed by atoms with van der Waals surface area (Å²) >= 11 is 7.43. The molecule has 3 heterocycles. The Bertz CT molecular complexity index is 904. The van der Waals surface area contributed by atoms with Crippen molar-refractivity contribution in [1.82, 2.24) is 15.0 Å². The van der Waals surface area contributed by atoms with Gasteiger partial charge in [0.05, 0.1) is 9.72 Å². The molecule has 0 fully saturated rings. The first-order valence-electron chi connectivity index (χ1n) is 7.15. The summed E-state index contributed by atoms with van der Waals surface area (Å²) in [6.45, 7) is -0.311. The van der Waals surface area contributed by atoms with E-state index in [1.54, 1.807) is 0 Å². The molecule has 0 aliphatic heterocycles. The number of anilines is 2. The van der Waals surface area contributed by atoms with E-state index in [2.05, 4.69) is 20.3 Å². The summed E-state index contributed by atoms with van der Waals surface area (Å²) in [5.74, 6) is -0.688. The van der Waals surface area contributed by atoms with Gasteiger partial charge in [0, 0.05) is 0 Å². The molecular formula is C15H12ClF3N4OS. The molecule has 0 saturated carbocycles. The van der Waals surface area contributed by atoms with E-state index in [9.17, 15) is 13.2 Å². The average molecular weight is 389 g/mol. The number of thiophene rings is 1. The molecule has 5 nitrogen and oxygen atoms in total. The second-order valence-corrected chi connectivity index (χ2v) is 6.66. The fourth-order valence-electron chi connectivity index (χ4n) is 2.13. The lowest BCUT2D eigenvalue weighted by Gasteiger charge is -2.16. The topological polar surface area (TPSA) is 59.9 Å². The fraction of sp³-hybridized carbons (Fsp3) is 0.267. The molecule has 0 spiro atoms. The van der Waals surface area contributed by atoms with Crippen LogP contribution in [0.2, 0.25) is 4.34 Å². The zero-order valence-corrected chi connectivity index (χ0v) is 14.5. The van der Waals surface area contributed by atoms with Gasteiger partial charge in [-0.2, -0.15) is 9.37 Å². The van der Waals surface area contributed by atoms with Crippen LogP contribution in [0, 0.1) is 12.9 Å². The number of nitrogens with one attached hydrogen (secondary N) is 1. The largest absolute Gasteiger partial charge is 0.467 e. The molecule has 0 saturated heterocycles. The first-order valence-corrected chi connectivity index (χ1v) is 8.34. The summed E-state index contributed by atoms with van der Waals surface area (Å²) in [7, 11) is 0. The fourth-order valence-corrected chi connectivity index (χ4v) is 3.32. The van der Waals surface area contributed by atoms with E-state index in [0.29, 0.717) is 20.4 Å². The number of hydrogen-bond donors (Lipinski definition) is 1. The van der Waals surface area contributed by atoms with Crippen LogP contribution in [-0.2, 0) is 0 Å². The molecule has 132 valence electrons. The maximum Gasteiger partial charge on any atom is 0.240 e. The highest BCUT2D eigenvalue weighted by Gasteiger charge is 2.18. The van der Waals surface area contributed by atoms with Gasteiger partial charge in [0.15, 0.2) is 6.10 Å². The minimum atomic E-state index is -1.36. The van der Waals surface area contributed by atoms with Gasteiger partial charge in [0.2, 0.25) is 11.8 Å². The van der Waals surface area contributed by atoms with Crippen LogP contribution in [0.1, 0.15) is 5.56 Å². The number of nitrogens with zero attached hydrogens (tertiary/aromatic N) is 3. The summed E-state index contributed by atoms with van der Waals surface area (Å²) in [6, 6.07) is 2.45. The minimum absolute atomic E-state index is 0.218. The van der Waals surface area contributed by atoms with Crippen LogP contribution in [0.3, 0.4) is 0 Å². The summed E-state index contributed by atoms with van der Waals surface area (Å²) in [4.78, 5) is 12.5. The van der Waals surface area contributed by atoms with Gasteiger partial charge in [-0.3, -0.25) is 0 Å². The highest BCUT2D eigenvalue weighted by molar-refractivity contribution is 7.22. The Morgan fingerprint density at radius 3 is 2.76 bits per heavy atom. The first kappa shape index (κ1) is 17.7. The smallest absolute Gasteiger partial charge is 0.240 e. The van der Waals surface area contributed by atoms with E-state index in [0.717, 1.165) is 11.6 Å². The number of aryl methyl sites for hydroxylation is 1. The van der Waals surface area contributed by atoms with E-state index in [1.807, 2.05) is 6.92 Å². The van der Waals surface area contributed by atoms with Crippen molar-refractivity contribution in [3.63, 3.8) is 0 Å². The van der Waals surface area contributed by atoms with Crippen molar-refractivity contribution < 1.29 is 17.9 Å². The quantitative estimate of drug-likeness (QED) is 0.624. The molecule has 0 radical (unpaired) electrons. The number of aromatic nitrogens is 3. The third kappa shape index (κ3) is 3.62. The normalized spacial score (nSPS) is 11.3. The lowest BCUT2D eigenvalue weighted by molar-refractivity contribution is 0.128. The highest BCUT2D eigenvalue weighted by atomic mass is 35.5. The van der Waals surface area contributed by atoms with Crippen LogP contribution in [0.25, 0.3) is 10.2 Å². The van der Waals surface area contributed by atoms with E-state index in [-0.39, 0.29) is 11.6 Å². The van der Waals surface area contributed by atoms with Crippen LogP contribution in [0.4, 0.5) is 24.7 Å². The van der Waals surface area contributed by atoms with E-state index >= 15 is 0 Å². The molecule has 3 rings (SSSR count). The van der Waals surface area contributed by atoms with Crippen LogP contribution in [0.15, 0.2) is 18.5 Å². The van der Waals surface area contributed by atoms with Crippen molar-refractivity contribution in [2.45, 2.75) is 13.0 Å². The molecular weight excluding hydrogens is 377 g/mol. The third-order valence-electron chi connectivity index (χ3n) is 3.37. The monoisotopic (exact) mass is 388 g/mol. The van der Waals surface area contributed by atoms with Crippen LogP contribution < -0.4 is 10.1 Å². The van der Waals surface area contributed by atoms with Crippen LogP contribution in [0.5, 0.6) is 5.88 Å². The molecule has 0 bridgehead atoms. The number of alkyl halides is 2. The summed E-state index contributed by atoms with van der Waals surface area (Å²) in [6.07, 6.45) is -0.0158. The zero-order valence-electron chi connectivity index (χ0n) is 12.9. The number of fused-ring (bicyclic) bond motifs is 1. The molecule has 10 heteroatoms. The molecule has 3 aromatic heterocycles. The molecule has 25 heavy (non-hydrogen) atoms. The van der Waals surface area contributed by atoms with Crippen molar-refractivity contribution in [1.29, 1.82) is 0 Å². The molecule has 0 aliphatic rings. The van der Waals surface area contributed by atoms with Crippen molar-refractivity contribution in [3.05, 3.63) is 34.3 Å². The summed E-state index contributed by atoms with van der Waals surface area (Å²) in [5, 5.41) is 3.64. The molecule has 0 aromatic carbocycles. The molecule has 0 atom stereocenters. The van der Waals surface area contributed by atoms with Gasteiger partial charge in [-0.15, -0.1) is 11.3 Å². The van der Waals surface area contributed by atoms with Crippen molar-refractivity contribution >= 4 is 44.7 Å². The number of pyridine rings is 1. The summed E-state index contributed by atoms with van der Waals surface area (Å²) < 4.78 is 44.6. The third-order valence-corrected chi connectivity index (χ3v) is 4.87. The maximum absolute atomic E-state index is 13.4. The zero-order chi connectivity index (χ0) is 18.0. The lowest BCUT2D eigenvalue weighted by Crippen LogP contribution is -2.22. The highest BCUT2D eigenvalue weighted by Crippen LogP contribution is 2.38. The molecule has 3 aromatic rings. The molecule has 1 N–H and O–H groups in total. The maximum atomic E-state index is 13.4. The van der Waals surface area contributed by atoms with Gasteiger partial charge in [-0.25, -0.2) is 18.7 Å². The number of rotatable bonds is 6. The van der Waals surface area contributed by atoms with Gasteiger partial charge in [-0.1, -0.05) is 11.6 Å². The minimum Gasteiger partial charge on any atom is -0.467 e. The number of ether oxygens (including phenoxy) is 1. The lowest BCUT2D eigenvalue weighted by atomic mass is 10.2. The number of halogens is 4. The SMILES string of the molecule is Cc1c(Cl)sc2ncnc(Nc3ccc(F)nc3OC(CF)CF)c12. The van der Waals surface area contributed by atoms with Crippen LogP contribution >= 0.6 is 22.9 Å². The van der Waals surface area contributed by atoms with Gasteiger partial charge >= 0.3 is 0 Å². The molecule has 0 amide bonds.